The van der Waals surface area contributed by atoms with Crippen LogP contribution < -0.4 is 6.15 Å². The van der Waals surface area contributed by atoms with Crippen LogP contribution in [0.1, 0.15) is 0 Å². The number of rotatable bonds is 2. The summed E-state index contributed by atoms with van der Waals surface area (Å²) in [6.07, 6.45) is 0. The lowest BCUT2D eigenvalue weighted by Gasteiger charge is -2.03. The zero-order valence-corrected chi connectivity index (χ0v) is 9.16. The van der Waals surface area contributed by atoms with E-state index in [1.54, 1.807) is 0 Å². The number of halogens is 5. The van der Waals surface area contributed by atoms with Crippen molar-refractivity contribution in [2.75, 3.05) is 0 Å². The lowest BCUT2D eigenvalue weighted by Crippen LogP contribution is -2.14. The van der Waals surface area contributed by atoms with Crippen LogP contribution in [0.4, 0.5) is 0 Å². The van der Waals surface area contributed by atoms with E-state index >= 15 is 0 Å². The third kappa shape index (κ3) is 12.8. The fourth-order valence-corrected chi connectivity index (χ4v) is 4.72. The van der Waals surface area contributed by atoms with E-state index < -0.39 is 11.5 Å². The van der Waals surface area contributed by atoms with Gasteiger partial charge in [0, 0.05) is 0 Å². The van der Waals surface area contributed by atoms with Crippen LogP contribution in [-0.2, 0) is 0 Å². The van der Waals surface area contributed by atoms with Crippen molar-refractivity contribution in [2.45, 2.75) is 5.94 Å². The normalized spacial score (nSPS) is 10.3. The van der Waals surface area contributed by atoms with Gasteiger partial charge in [0.1, 0.15) is 0 Å². The molecule has 3 N–H and O–H groups in total. The molecule has 0 aromatic rings. The molecule has 0 bridgehead atoms. The maximum atomic E-state index is 5.43. The highest BCUT2D eigenvalue weighted by molar-refractivity contribution is 7.67. The molecule has 0 aliphatic heterocycles. The molecular formula is CH5BCl5NSi. The molecular weight excluding hydrogens is 242 g/mol. The molecule has 9 heavy (non-hydrogen) atoms. The zero-order chi connectivity index (χ0) is 6.78. The Morgan fingerprint density at radius 3 is 1.44 bits per heavy atom. The first kappa shape index (κ1) is 13.3. The van der Waals surface area contributed by atoms with Crippen LogP contribution in [0.15, 0.2) is 0 Å². The molecule has 0 amide bonds. The summed E-state index contributed by atoms with van der Waals surface area (Å²) in [6.45, 7) is 0. The van der Waals surface area contributed by atoms with Gasteiger partial charge in [-0.25, -0.2) is 0 Å². The van der Waals surface area contributed by atoms with E-state index in [2.05, 4.69) is 0 Å². The highest BCUT2D eigenvalue weighted by atomic mass is 35.8. The molecule has 0 radical (unpaired) electrons. The van der Waals surface area contributed by atoms with Gasteiger partial charge < -0.3 is 6.15 Å². The first-order chi connectivity index (χ1) is 3.42. The summed E-state index contributed by atoms with van der Waals surface area (Å²) >= 11 is 26.9. The molecule has 0 aromatic carbocycles. The summed E-state index contributed by atoms with van der Waals surface area (Å²) in [5, 5.41) is 0. The van der Waals surface area contributed by atoms with Gasteiger partial charge >= 0.3 is 11.5 Å². The van der Waals surface area contributed by atoms with Gasteiger partial charge in [0.25, 0.3) is 0 Å². The average molecular weight is 247 g/mol. The summed E-state index contributed by atoms with van der Waals surface area (Å²) in [5.41, 5.74) is -0.547. The minimum Gasteiger partial charge on any atom is -0.344 e. The van der Waals surface area contributed by atoms with Crippen LogP contribution in [0.25, 0.3) is 0 Å². The summed E-state index contributed by atoms with van der Waals surface area (Å²) in [6, 6.07) is -2.57. The number of hydrogen-bond acceptors (Lipinski definition) is 1. The second-order valence-corrected chi connectivity index (χ2v) is 11.7. The highest BCUT2D eigenvalue weighted by Gasteiger charge is 2.29. The lowest BCUT2D eigenvalue weighted by molar-refractivity contribution is 2.04. The molecule has 0 spiro atoms. The van der Waals surface area contributed by atoms with Crippen molar-refractivity contribution >= 4 is 67.7 Å². The zero-order valence-electron chi connectivity index (χ0n) is 4.38. The molecule has 0 saturated carbocycles. The molecule has 8 heteroatoms. The van der Waals surface area contributed by atoms with Crippen LogP contribution in [0, 0.1) is 0 Å². The van der Waals surface area contributed by atoms with Gasteiger partial charge in [-0.05, 0) is 5.94 Å². The minimum atomic E-state index is -2.57. The van der Waals surface area contributed by atoms with Gasteiger partial charge in [0.05, 0.1) is 0 Å². The Balaban J connectivity index is 0. The van der Waals surface area contributed by atoms with Crippen molar-refractivity contribution < 1.29 is 0 Å². The van der Waals surface area contributed by atoms with Crippen LogP contribution in [-0.4, -0.2) is 11.5 Å². The molecule has 0 fully saturated rings. The minimum absolute atomic E-state index is 0. The second kappa shape index (κ2) is 5.36. The van der Waals surface area contributed by atoms with Crippen molar-refractivity contribution in [1.82, 2.24) is 6.15 Å². The summed E-state index contributed by atoms with van der Waals surface area (Å²) < 4.78 is 0. The Morgan fingerprint density at radius 2 is 1.44 bits per heavy atom. The first-order valence-corrected chi connectivity index (χ1v) is 7.88. The van der Waals surface area contributed by atoms with Gasteiger partial charge in [0.15, 0.2) is 0 Å². The number of hydrogen-bond donors (Lipinski definition) is 1. The van der Waals surface area contributed by atoms with Gasteiger partial charge in [-0.3, -0.25) is 0 Å². The van der Waals surface area contributed by atoms with Gasteiger partial charge in [-0.15, -0.1) is 33.2 Å². The third-order valence-electron chi connectivity index (χ3n) is 0.386. The van der Waals surface area contributed by atoms with Crippen molar-refractivity contribution in [3.05, 3.63) is 0 Å². The Morgan fingerprint density at radius 1 is 1.11 bits per heavy atom. The van der Waals surface area contributed by atoms with E-state index in [1.807, 2.05) is 0 Å². The van der Waals surface area contributed by atoms with E-state index in [9.17, 15) is 0 Å². The molecule has 1 nitrogen and oxygen atoms in total. The Labute approximate surface area is 79.5 Å². The van der Waals surface area contributed by atoms with Gasteiger partial charge in [-0.1, -0.05) is 0 Å². The SMILES string of the molecule is ClB(Cl)C[Si](Cl)(Cl)Cl.N. The lowest BCUT2D eigenvalue weighted by atomic mass is 10.2. The predicted molar refractivity (Wildman–Crippen MR) is 50.6 cm³/mol. The van der Waals surface area contributed by atoms with E-state index in [1.165, 1.54) is 0 Å². The highest BCUT2D eigenvalue weighted by Crippen LogP contribution is 2.27. The topological polar surface area (TPSA) is 35.0 Å². The Bertz CT molecular complexity index is 71.8. The van der Waals surface area contributed by atoms with Crippen LogP contribution >= 0.6 is 56.2 Å². The third-order valence-corrected chi connectivity index (χ3v) is 3.47. The largest absolute Gasteiger partial charge is 0.352 e. The Hall–Kier alpha value is 1.69. The van der Waals surface area contributed by atoms with Crippen LogP contribution in [0.3, 0.4) is 0 Å². The van der Waals surface area contributed by atoms with Crippen LogP contribution in [0.2, 0.25) is 5.94 Å². The quantitative estimate of drug-likeness (QED) is 0.589. The van der Waals surface area contributed by atoms with Gasteiger partial charge in [0.2, 0.25) is 0 Å². The second-order valence-electron chi connectivity index (χ2n) is 1.21. The molecule has 56 valence electrons. The van der Waals surface area contributed by atoms with Crippen molar-refractivity contribution in [3.63, 3.8) is 0 Å². The monoisotopic (exact) mass is 245 g/mol. The summed E-state index contributed by atoms with van der Waals surface area (Å²) in [7, 11) is 0. The van der Waals surface area contributed by atoms with E-state index in [4.69, 9.17) is 56.2 Å². The van der Waals surface area contributed by atoms with Crippen molar-refractivity contribution in [1.29, 1.82) is 0 Å². The molecule has 0 unspecified atom stereocenters. The van der Waals surface area contributed by atoms with Crippen LogP contribution in [0.5, 0.6) is 0 Å². The predicted octanol–water partition coefficient (Wildman–Crippen LogP) is 3.31. The molecule has 0 atom stereocenters. The van der Waals surface area contributed by atoms with Crippen molar-refractivity contribution in [2.24, 2.45) is 0 Å². The average Bonchev–Trinajstić information content (AvgIpc) is 1.21. The molecule has 0 aromatic heterocycles. The van der Waals surface area contributed by atoms with Crippen molar-refractivity contribution in [3.8, 4) is 0 Å². The van der Waals surface area contributed by atoms with E-state index in [0.29, 0.717) is 5.94 Å². The fraction of sp³-hybridized carbons (Fsp3) is 1.00. The smallest absolute Gasteiger partial charge is 0.344 e. The van der Waals surface area contributed by atoms with E-state index in [0.717, 1.165) is 0 Å². The molecule has 0 aliphatic carbocycles. The van der Waals surface area contributed by atoms with E-state index in [-0.39, 0.29) is 6.15 Å². The molecule has 0 saturated heterocycles. The maximum Gasteiger partial charge on any atom is 0.352 e. The summed E-state index contributed by atoms with van der Waals surface area (Å²) in [4.78, 5) is 0. The fourth-order valence-electron chi connectivity index (χ4n) is 0.175. The molecule has 0 aliphatic rings. The summed E-state index contributed by atoms with van der Waals surface area (Å²) in [5.74, 6) is 0.292. The standard InChI is InChI=1S/CH2BCl5Si.H3N/c3-2(4)1-8(5,6)7;/h1H2;1H3. The molecule has 0 heterocycles. The Kier molecular flexibility index (Phi) is 7.91. The maximum absolute atomic E-state index is 5.43. The van der Waals surface area contributed by atoms with Gasteiger partial charge in [-0.2, -0.15) is 22.9 Å². The molecule has 0 rings (SSSR count). The first-order valence-electron chi connectivity index (χ1n) is 1.77.